The van der Waals surface area contributed by atoms with Crippen molar-refractivity contribution in [2.75, 3.05) is 0 Å². The monoisotopic (exact) mass is 212 g/mol. The van der Waals surface area contributed by atoms with Gasteiger partial charge in [0.25, 0.3) is 0 Å². The summed E-state index contributed by atoms with van der Waals surface area (Å²) >= 11 is 0. The zero-order valence-corrected chi connectivity index (χ0v) is 11.3. The molecule has 0 aromatic carbocycles. The van der Waals surface area contributed by atoms with Crippen molar-refractivity contribution in [3.05, 3.63) is 11.8 Å². The summed E-state index contributed by atoms with van der Waals surface area (Å²) in [5, 5.41) is 0. The van der Waals surface area contributed by atoms with Crippen molar-refractivity contribution in [1.82, 2.24) is 0 Å². The molecule has 0 spiro atoms. The summed E-state index contributed by atoms with van der Waals surface area (Å²) in [7, 11) is 0. The van der Waals surface area contributed by atoms with Gasteiger partial charge in [0.05, 0.1) is 11.9 Å². The van der Waals surface area contributed by atoms with Crippen LogP contribution in [0.1, 0.15) is 60.8 Å². The highest BCUT2D eigenvalue weighted by Crippen LogP contribution is 2.16. The molecule has 1 nitrogen and oxygen atoms in total. The maximum atomic E-state index is 5.80. The van der Waals surface area contributed by atoms with Gasteiger partial charge in [-0.15, -0.1) is 0 Å². The van der Waals surface area contributed by atoms with Crippen LogP contribution in [-0.4, -0.2) is 6.10 Å². The molecule has 0 aliphatic heterocycles. The van der Waals surface area contributed by atoms with Gasteiger partial charge in [0.15, 0.2) is 0 Å². The third-order valence-electron chi connectivity index (χ3n) is 2.11. The summed E-state index contributed by atoms with van der Waals surface area (Å²) in [4.78, 5) is 0. The molecule has 0 aromatic rings. The van der Waals surface area contributed by atoms with Crippen LogP contribution in [0.5, 0.6) is 0 Å². The zero-order valence-electron chi connectivity index (χ0n) is 11.3. The summed E-state index contributed by atoms with van der Waals surface area (Å²) in [6.07, 6.45) is 6.04. The summed E-state index contributed by atoms with van der Waals surface area (Å²) in [6.45, 7) is 13.2. The van der Waals surface area contributed by atoms with Gasteiger partial charge in [0.1, 0.15) is 0 Å². The molecule has 0 saturated heterocycles. The van der Waals surface area contributed by atoms with E-state index in [0.717, 1.165) is 18.8 Å². The standard InChI is InChI=1S/C14H28O/c1-11(2)8-7-9-14(10-12(3)4)15-13(5)6/h9,11-13H,7-8,10H2,1-6H3/b14-9-. The number of rotatable bonds is 7. The van der Waals surface area contributed by atoms with E-state index in [4.69, 9.17) is 4.74 Å². The highest BCUT2D eigenvalue weighted by molar-refractivity contribution is 4.94. The van der Waals surface area contributed by atoms with Gasteiger partial charge in [-0.3, -0.25) is 0 Å². The van der Waals surface area contributed by atoms with Crippen LogP contribution in [0.3, 0.4) is 0 Å². The smallest absolute Gasteiger partial charge is 0.0926 e. The summed E-state index contributed by atoms with van der Waals surface area (Å²) in [5.41, 5.74) is 0. The lowest BCUT2D eigenvalue weighted by molar-refractivity contribution is 0.133. The Labute approximate surface area is 95.9 Å². The summed E-state index contributed by atoms with van der Waals surface area (Å²) < 4.78 is 5.80. The quantitative estimate of drug-likeness (QED) is 0.552. The van der Waals surface area contributed by atoms with Gasteiger partial charge in [0, 0.05) is 6.42 Å². The van der Waals surface area contributed by atoms with E-state index in [1.165, 1.54) is 12.2 Å². The molecule has 0 rings (SSSR count). The van der Waals surface area contributed by atoms with E-state index in [-0.39, 0.29) is 0 Å². The topological polar surface area (TPSA) is 9.23 Å². The molecule has 1 heteroatoms. The molecule has 0 amide bonds. The minimum absolute atomic E-state index is 0.300. The van der Waals surface area contributed by atoms with Crippen molar-refractivity contribution >= 4 is 0 Å². The van der Waals surface area contributed by atoms with E-state index in [0.29, 0.717) is 12.0 Å². The van der Waals surface area contributed by atoms with Crippen LogP contribution in [0.2, 0.25) is 0 Å². The lowest BCUT2D eigenvalue weighted by Crippen LogP contribution is -2.05. The fourth-order valence-corrected chi connectivity index (χ4v) is 1.46. The maximum absolute atomic E-state index is 5.80. The van der Waals surface area contributed by atoms with Crippen LogP contribution in [0.4, 0.5) is 0 Å². The molecule has 0 aliphatic carbocycles. The summed E-state index contributed by atoms with van der Waals surface area (Å²) in [5.74, 6) is 2.63. The van der Waals surface area contributed by atoms with E-state index in [1.54, 1.807) is 0 Å². The number of ether oxygens (including phenoxy) is 1. The predicted octanol–water partition coefficient (Wildman–Crippen LogP) is 4.78. The van der Waals surface area contributed by atoms with Crippen LogP contribution >= 0.6 is 0 Å². The zero-order chi connectivity index (χ0) is 11.8. The minimum Gasteiger partial charge on any atom is -0.496 e. The first-order chi connectivity index (χ1) is 6.91. The average Bonchev–Trinajstić information content (AvgIpc) is 2.00. The Balaban J connectivity index is 4.08. The highest BCUT2D eigenvalue weighted by atomic mass is 16.5. The molecule has 15 heavy (non-hydrogen) atoms. The number of hydrogen-bond donors (Lipinski definition) is 0. The molecule has 0 saturated carbocycles. The van der Waals surface area contributed by atoms with Gasteiger partial charge in [-0.2, -0.15) is 0 Å². The summed E-state index contributed by atoms with van der Waals surface area (Å²) in [6, 6.07) is 0. The second kappa shape index (κ2) is 7.78. The van der Waals surface area contributed by atoms with E-state index < -0.39 is 0 Å². The van der Waals surface area contributed by atoms with Crippen LogP contribution in [0, 0.1) is 11.8 Å². The molecular formula is C14H28O. The van der Waals surface area contributed by atoms with Crippen molar-refractivity contribution in [1.29, 1.82) is 0 Å². The van der Waals surface area contributed by atoms with Gasteiger partial charge in [-0.25, -0.2) is 0 Å². The third-order valence-corrected chi connectivity index (χ3v) is 2.11. The van der Waals surface area contributed by atoms with Gasteiger partial charge in [-0.05, 0) is 44.6 Å². The van der Waals surface area contributed by atoms with Crippen molar-refractivity contribution in [3.8, 4) is 0 Å². The van der Waals surface area contributed by atoms with Crippen molar-refractivity contribution in [3.63, 3.8) is 0 Å². The van der Waals surface area contributed by atoms with Crippen LogP contribution < -0.4 is 0 Å². The first kappa shape index (κ1) is 14.5. The Morgan fingerprint density at radius 2 is 1.60 bits per heavy atom. The fourth-order valence-electron chi connectivity index (χ4n) is 1.46. The molecule has 0 atom stereocenters. The molecule has 0 fully saturated rings. The molecule has 0 unspecified atom stereocenters. The second-order valence-electron chi connectivity index (χ2n) is 5.41. The number of hydrogen-bond acceptors (Lipinski definition) is 1. The van der Waals surface area contributed by atoms with Gasteiger partial charge in [0.2, 0.25) is 0 Å². The van der Waals surface area contributed by atoms with E-state index in [9.17, 15) is 0 Å². The second-order valence-corrected chi connectivity index (χ2v) is 5.41. The highest BCUT2D eigenvalue weighted by Gasteiger charge is 2.04. The van der Waals surface area contributed by atoms with Gasteiger partial charge >= 0.3 is 0 Å². The van der Waals surface area contributed by atoms with Crippen molar-refractivity contribution < 1.29 is 4.74 Å². The Kier molecular flexibility index (Phi) is 7.54. The van der Waals surface area contributed by atoms with E-state index in [1.807, 2.05) is 0 Å². The maximum Gasteiger partial charge on any atom is 0.0926 e. The molecule has 0 heterocycles. The Bertz CT molecular complexity index is 166. The van der Waals surface area contributed by atoms with Crippen LogP contribution in [0.25, 0.3) is 0 Å². The van der Waals surface area contributed by atoms with E-state index in [2.05, 4.69) is 47.6 Å². The molecule has 0 N–H and O–H groups in total. The molecular weight excluding hydrogens is 184 g/mol. The molecule has 0 aromatic heterocycles. The third kappa shape index (κ3) is 9.84. The Morgan fingerprint density at radius 3 is 2.00 bits per heavy atom. The first-order valence-corrected chi connectivity index (χ1v) is 6.27. The number of allylic oxidation sites excluding steroid dienone is 2. The molecule has 90 valence electrons. The van der Waals surface area contributed by atoms with Gasteiger partial charge < -0.3 is 4.74 Å². The van der Waals surface area contributed by atoms with Crippen molar-refractivity contribution in [2.45, 2.75) is 66.9 Å². The molecule has 0 aliphatic rings. The Hall–Kier alpha value is -0.460. The Morgan fingerprint density at radius 1 is 1.00 bits per heavy atom. The van der Waals surface area contributed by atoms with E-state index >= 15 is 0 Å². The lowest BCUT2D eigenvalue weighted by Gasteiger charge is -2.16. The van der Waals surface area contributed by atoms with Crippen LogP contribution in [-0.2, 0) is 4.74 Å². The lowest BCUT2D eigenvalue weighted by atomic mass is 10.1. The van der Waals surface area contributed by atoms with Gasteiger partial charge in [-0.1, -0.05) is 27.7 Å². The fraction of sp³-hybridized carbons (Fsp3) is 0.857. The molecule has 0 bridgehead atoms. The van der Waals surface area contributed by atoms with Crippen molar-refractivity contribution in [2.24, 2.45) is 11.8 Å². The first-order valence-electron chi connectivity index (χ1n) is 6.27. The predicted molar refractivity (Wildman–Crippen MR) is 67.8 cm³/mol. The average molecular weight is 212 g/mol. The van der Waals surface area contributed by atoms with Crippen LogP contribution in [0.15, 0.2) is 11.8 Å². The normalized spacial score (nSPS) is 13.0. The molecule has 0 radical (unpaired) electrons. The largest absolute Gasteiger partial charge is 0.496 e. The SMILES string of the molecule is CC(C)CC/C=C(/CC(C)C)OC(C)C. The minimum atomic E-state index is 0.300.